The van der Waals surface area contributed by atoms with E-state index in [1.165, 1.54) is 0 Å². The van der Waals surface area contributed by atoms with Gasteiger partial charge in [-0.05, 0) is 13.8 Å². The minimum absolute atomic E-state index is 0.0675. The highest BCUT2D eigenvalue weighted by Gasteiger charge is 2.18. The number of hydrogen-bond acceptors (Lipinski definition) is 9. The van der Waals surface area contributed by atoms with E-state index in [0.29, 0.717) is 18.0 Å². The largest absolute Gasteiger partial charge is 0.361 e. The van der Waals surface area contributed by atoms with Crippen LogP contribution in [0.2, 0.25) is 0 Å². The van der Waals surface area contributed by atoms with Gasteiger partial charge in [-0.1, -0.05) is 5.16 Å². The van der Waals surface area contributed by atoms with E-state index in [1.54, 1.807) is 13.8 Å². The fourth-order valence-electron chi connectivity index (χ4n) is 1.64. The van der Waals surface area contributed by atoms with Crippen LogP contribution in [0.4, 0.5) is 17.5 Å². The van der Waals surface area contributed by atoms with Crippen LogP contribution in [0.1, 0.15) is 17.0 Å². The number of nitrogens with two attached hydrogens (primary N) is 1. The molecule has 20 heavy (non-hydrogen) atoms. The highest BCUT2D eigenvalue weighted by molar-refractivity contribution is 5.57. The third-order valence-corrected chi connectivity index (χ3v) is 2.71. The van der Waals surface area contributed by atoms with Crippen molar-refractivity contribution in [1.29, 1.82) is 0 Å². The highest BCUT2D eigenvalue weighted by atomic mass is 16.6. The van der Waals surface area contributed by atoms with Gasteiger partial charge in [0.05, 0.1) is 10.6 Å². The Balaban J connectivity index is 2.26. The molecule has 0 fully saturated rings. The molecule has 106 valence electrons. The van der Waals surface area contributed by atoms with E-state index in [0.717, 1.165) is 11.8 Å². The molecule has 0 unspecified atom stereocenters. The molecule has 2 heterocycles. The zero-order valence-electron chi connectivity index (χ0n) is 10.9. The molecule has 10 nitrogen and oxygen atoms in total. The Morgan fingerprint density at radius 2 is 2.25 bits per heavy atom. The van der Waals surface area contributed by atoms with Crippen molar-refractivity contribution >= 4 is 17.5 Å². The van der Waals surface area contributed by atoms with Crippen LogP contribution in [0.15, 0.2) is 10.7 Å². The first kappa shape index (κ1) is 13.7. The van der Waals surface area contributed by atoms with Crippen LogP contribution in [0.25, 0.3) is 0 Å². The molecule has 0 atom stereocenters. The molecule has 10 heteroatoms. The number of hydrogen-bond donors (Lipinski definition) is 3. The van der Waals surface area contributed by atoms with Gasteiger partial charge in [-0.25, -0.2) is 10.8 Å². The molecule has 0 aliphatic rings. The van der Waals surface area contributed by atoms with Crippen LogP contribution >= 0.6 is 0 Å². The lowest BCUT2D eigenvalue weighted by molar-refractivity contribution is -0.384. The lowest BCUT2D eigenvalue weighted by Crippen LogP contribution is -2.13. The van der Waals surface area contributed by atoms with E-state index in [-0.39, 0.29) is 17.5 Å². The summed E-state index contributed by atoms with van der Waals surface area (Å²) in [6.45, 7) is 3.84. The Labute approximate surface area is 113 Å². The Morgan fingerprint density at radius 1 is 1.50 bits per heavy atom. The van der Waals surface area contributed by atoms with Crippen molar-refractivity contribution in [3.05, 3.63) is 33.3 Å². The van der Waals surface area contributed by atoms with Gasteiger partial charge in [-0.3, -0.25) is 15.5 Å². The smallest absolute Gasteiger partial charge is 0.329 e. The van der Waals surface area contributed by atoms with Crippen LogP contribution in [-0.2, 0) is 6.54 Å². The summed E-state index contributed by atoms with van der Waals surface area (Å²) in [6.07, 6.45) is 1.08. The maximum atomic E-state index is 10.9. The first-order valence-electron chi connectivity index (χ1n) is 5.66. The first-order chi connectivity index (χ1) is 9.52. The lowest BCUT2D eigenvalue weighted by atomic mass is 10.2. The van der Waals surface area contributed by atoms with Crippen molar-refractivity contribution in [1.82, 2.24) is 15.1 Å². The molecule has 0 aliphatic carbocycles. The summed E-state index contributed by atoms with van der Waals surface area (Å²) < 4.78 is 5.02. The zero-order valence-corrected chi connectivity index (χ0v) is 10.9. The van der Waals surface area contributed by atoms with Crippen molar-refractivity contribution < 1.29 is 9.45 Å². The van der Waals surface area contributed by atoms with Gasteiger partial charge < -0.3 is 9.84 Å². The third kappa shape index (κ3) is 2.64. The van der Waals surface area contributed by atoms with Crippen LogP contribution in [0.3, 0.4) is 0 Å². The number of aromatic nitrogens is 3. The standard InChI is InChI=1S/C10H13N7O3/c1-5-7(6(2)20-16-5)3-12-9-8(17(18)19)4-13-10(14-9)15-11/h4H,3,11H2,1-2H3,(H2,12,13,14,15). The van der Waals surface area contributed by atoms with Crippen LogP contribution in [0, 0.1) is 24.0 Å². The molecule has 0 amide bonds. The van der Waals surface area contributed by atoms with E-state index in [1.807, 2.05) is 0 Å². The molecule has 0 saturated heterocycles. The van der Waals surface area contributed by atoms with E-state index < -0.39 is 4.92 Å². The van der Waals surface area contributed by atoms with Crippen molar-refractivity contribution in [3.63, 3.8) is 0 Å². The van der Waals surface area contributed by atoms with Crippen molar-refractivity contribution in [2.45, 2.75) is 20.4 Å². The average molecular weight is 279 g/mol. The normalized spacial score (nSPS) is 10.3. The monoisotopic (exact) mass is 279 g/mol. The van der Waals surface area contributed by atoms with Gasteiger partial charge in [-0.15, -0.1) is 0 Å². The summed E-state index contributed by atoms with van der Waals surface area (Å²) >= 11 is 0. The minimum Gasteiger partial charge on any atom is -0.361 e. The van der Waals surface area contributed by atoms with Crippen molar-refractivity contribution in [2.75, 3.05) is 10.7 Å². The fourth-order valence-corrected chi connectivity index (χ4v) is 1.64. The second-order valence-electron chi connectivity index (χ2n) is 3.99. The molecular weight excluding hydrogens is 266 g/mol. The number of hydrazine groups is 1. The summed E-state index contributed by atoms with van der Waals surface area (Å²) in [5, 5.41) is 17.6. The zero-order chi connectivity index (χ0) is 14.7. The van der Waals surface area contributed by atoms with Crippen LogP contribution < -0.4 is 16.6 Å². The Kier molecular flexibility index (Phi) is 3.75. The maximum absolute atomic E-state index is 10.9. The van der Waals surface area contributed by atoms with E-state index in [4.69, 9.17) is 10.4 Å². The van der Waals surface area contributed by atoms with Gasteiger partial charge in [0.25, 0.3) is 0 Å². The molecule has 2 rings (SSSR count). The molecule has 0 bridgehead atoms. The lowest BCUT2D eigenvalue weighted by Gasteiger charge is -2.07. The molecule has 0 spiro atoms. The topological polar surface area (TPSA) is 145 Å². The summed E-state index contributed by atoms with van der Waals surface area (Å²) in [4.78, 5) is 18.0. The molecular formula is C10H13N7O3. The quantitative estimate of drug-likeness (QED) is 0.412. The van der Waals surface area contributed by atoms with E-state index in [9.17, 15) is 10.1 Å². The molecule has 0 radical (unpaired) electrons. The third-order valence-electron chi connectivity index (χ3n) is 2.71. The Bertz CT molecular complexity index is 620. The van der Waals surface area contributed by atoms with E-state index in [2.05, 4.69) is 25.9 Å². The van der Waals surface area contributed by atoms with Crippen molar-refractivity contribution in [3.8, 4) is 0 Å². The molecule has 4 N–H and O–H groups in total. The molecule has 0 aromatic carbocycles. The average Bonchev–Trinajstić information content (AvgIpc) is 2.75. The van der Waals surface area contributed by atoms with E-state index >= 15 is 0 Å². The van der Waals surface area contributed by atoms with Gasteiger partial charge in [0, 0.05) is 12.1 Å². The molecule has 2 aromatic heterocycles. The van der Waals surface area contributed by atoms with Crippen molar-refractivity contribution in [2.24, 2.45) is 5.84 Å². The number of nitrogens with zero attached hydrogens (tertiary/aromatic N) is 4. The molecule has 0 aliphatic heterocycles. The number of rotatable bonds is 5. The Hall–Kier alpha value is -2.75. The summed E-state index contributed by atoms with van der Waals surface area (Å²) in [5.41, 5.74) is 3.53. The molecule has 0 saturated carbocycles. The minimum atomic E-state index is -0.573. The van der Waals surface area contributed by atoms with Gasteiger partial charge in [0.2, 0.25) is 11.8 Å². The summed E-state index contributed by atoms with van der Waals surface area (Å²) in [5.74, 6) is 5.98. The second kappa shape index (κ2) is 5.48. The van der Waals surface area contributed by atoms with Crippen LogP contribution in [-0.4, -0.2) is 20.0 Å². The molecule has 2 aromatic rings. The van der Waals surface area contributed by atoms with Gasteiger partial charge in [-0.2, -0.15) is 4.98 Å². The number of aryl methyl sites for hydroxylation is 2. The number of anilines is 2. The van der Waals surface area contributed by atoms with Crippen LogP contribution in [0.5, 0.6) is 0 Å². The summed E-state index contributed by atoms with van der Waals surface area (Å²) in [6, 6.07) is 0. The van der Waals surface area contributed by atoms with Gasteiger partial charge in [0.1, 0.15) is 12.0 Å². The SMILES string of the molecule is Cc1noc(C)c1CNc1nc(NN)ncc1[N+](=O)[O-]. The Morgan fingerprint density at radius 3 is 2.80 bits per heavy atom. The fraction of sp³-hybridized carbons (Fsp3) is 0.300. The number of nitro groups is 1. The van der Waals surface area contributed by atoms with Gasteiger partial charge >= 0.3 is 5.69 Å². The summed E-state index contributed by atoms with van der Waals surface area (Å²) in [7, 11) is 0. The first-order valence-corrected chi connectivity index (χ1v) is 5.66. The van der Waals surface area contributed by atoms with Gasteiger partial charge in [0.15, 0.2) is 0 Å². The maximum Gasteiger partial charge on any atom is 0.329 e. The predicted molar refractivity (Wildman–Crippen MR) is 69.8 cm³/mol. The highest BCUT2D eigenvalue weighted by Crippen LogP contribution is 2.23. The predicted octanol–water partition coefficient (Wildman–Crippen LogP) is 0.887. The second-order valence-corrected chi connectivity index (χ2v) is 3.99. The number of nitrogen functional groups attached to an aromatic ring is 1. The number of nitrogens with one attached hydrogen (secondary N) is 2.